The monoisotopic (exact) mass is 441 g/mol. The van der Waals surface area contributed by atoms with Crippen molar-refractivity contribution >= 4 is 0 Å². The van der Waals surface area contributed by atoms with Crippen LogP contribution in [0.3, 0.4) is 0 Å². The van der Waals surface area contributed by atoms with Crippen molar-refractivity contribution < 1.29 is 23.7 Å². The first-order valence-electron chi connectivity index (χ1n) is 9.94. The summed E-state index contributed by atoms with van der Waals surface area (Å²) in [6.45, 7) is 0.630. The number of nitrogens with one attached hydrogen (secondary N) is 1. The number of rotatable bonds is 3. The third-order valence-corrected chi connectivity index (χ3v) is 5.87. The maximum atomic E-state index is 13.4. The molecular formula is C22H20FN3O6. The molecule has 5 rings (SSSR count). The van der Waals surface area contributed by atoms with Crippen molar-refractivity contribution in [1.82, 2.24) is 14.5 Å². The van der Waals surface area contributed by atoms with Crippen molar-refractivity contribution in [3.63, 3.8) is 0 Å². The Labute approximate surface area is 181 Å². The molecule has 2 aliphatic heterocycles. The van der Waals surface area contributed by atoms with Gasteiger partial charge in [-0.2, -0.15) is 0 Å². The second-order valence-electron chi connectivity index (χ2n) is 7.66. The molecule has 0 amide bonds. The molecule has 3 heterocycles. The molecule has 0 aliphatic carbocycles. The number of ether oxygens (including phenoxy) is 3. The largest absolute Gasteiger partial charge is 0.494 e. The number of hydrogen-bond donors (Lipinski definition) is 2. The summed E-state index contributed by atoms with van der Waals surface area (Å²) < 4.78 is 31.1. The molecule has 3 aromatic rings. The highest BCUT2D eigenvalue weighted by atomic mass is 19.1. The van der Waals surface area contributed by atoms with Crippen molar-refractivity contribution in [2.45, 2.75) is 12.5 Å². The van der Waals surface area contributed by atoms with Crippen LogP contribution in [0.2, 0.25) is 0 Å². The summed E-state index contributed by atoms with van der Waals surface area (Å²) in [5, 5.41) is 11.2. The van der Waals surface area contributed by atoms with Crippen molar-refractivity contribution in [3.8, 4) is 28.8 Å². The molecule has 32 heavy (non-hydrogen) atoms. The molecule has 166 valence electrons. The summed E-state index contributed by atoms with van der Waals surface area (Å²) in [6, 6.07) is 6.13. The van der Waals surface area contributed by atoms with Gasteiger partial charge in [0, 0.05) is 12.1 Å². The van der Waals surface area contributed by atoms with Gasteiger partial charge in [0.05, 0.1) is 24.4 Å². The molecule has 1 atom stereocenters. The van der Waals surface area contributed by atoms with Crippen LogP contribution in [-0.4, -0.2) is 47.1 Å². The van der Waals surface area contributed by atoms with E-state index in [0.717, 1.165) is 22.3 Å². The standard InChI is InChI=1S/C22H20FN3O6/c1-25-8-7-11-9-14-18(32-10-31-14)19(30-2)15(11)17(25)16-20(27)24-22(29)26(21(16)28)13-5-3-12(23)4-6-13/h3-6,9,17,28H,7-8,10H2,1-2H3,(H,24,27,29)/t17-/m0/s1. The zero-order valence-electron chi connectivity index (χ0n) is 17.3. The predicted octanol–water partition coefficient (Wildman–Crippen LogP) is 1.69. The summed E-state index contributed by atoms with van der Waals surface area (Å²) in [6.07, 6.45) is 0.658. The van der Waals surface area contributed by atoms with Crippen molar-refractivity contribution in [3.05, 3.63) is 73.7 Å². The smallest absolute Gasteiger partial charge is 0.335 e. The van der Waals surface area contributed by atoms with Crippen LogP contribution >= 0.6 is 0 Å². The molecule has 2 aliphatic rings. The molecule has 0 saturated heterocycles. The van der Waals surface area contributed by atoms with Gasteiger partial charge in [0.15, 0.2) is 11.5 Å². The Hall–Kier alpha value is -3.79. The van der Waals surface area contributed by atoms with E-state index in [2.05, 4.69) is 4.98 Å². The fraction of sp³-hybridized carbons (Fsp3) is 0.273. The fourth-order valence-corrected chi connectivity index (χ4v) is 4.41. The Kier molecular flexibility index (Phi) is 4.66. The highest BCUT2D eigenvalue weighted by Crippen LogP contribution is 2.51. The molecule has 0 unspecified atom stereocenters. The molecule has 0 bridgehead atoms. The number of benzene rings is 2. The average Bonchev–Trinajstić information content (AvgIpc) is 3.23. The van der Waals surface area contributed by atoms with Gasteiger partial charge in [-0.3, -0.25) is 14.7 Å². The highest BCUT2D eigenvalue weighted by molar-refractivity contribution is 5.63. The summed E-state index contributed by atoms with van der Waals surface area (Å²) in [5.41, 5.74) is 0.148. The van der Waals surface area contributed by atoms with Crippen LogP contribution in [0.1, 0.15) is 22.7 Å². The topological polar surface area (TPSA) is 106 Å². The number of likely N-dealkylation sites (N-methyl/N-ethyl adjacent to an activating group) is 1. The van der Waals surface area contributed by atoms with Crippen LogP contribution in [0.4, 0.5) is 4.39 Å². The van der Waals surface area contributed by atoms with E-state index in [1.165, 1.54) is 19.2 Å². The van der Waals surface area contributed by atoms with Gasteiger partial charge in [0.25, 0.3) is 5.56 Å². The zero-order chi connectivity index (χ0) is 22.6. The van der Waals surface area contributed by atoms with Gasteiger partial charge in [-0.1, -0.05) is 0 Å². The van der Waals surface area contributed by atoms with Crippen LogP contribution < -0.4 is 25.5 Å². The average molecular weight is 441 g/mol. The third-order valence-electron chi connectivity index (χ3n) is 5.87. The quantitative estimate of drug-likeness (QED) is 0.637. The van der Waals surface area contributed by atoms with Crippen LogP contribution in [0.15, 0.2) is 39.9 Å². The van der Waals surface area contributed by atoms with Crippen LogP contribution in [0, 0.1) is 5.82 Å². The lowest BCUT2D eigenvalue weighted by atomic mass is 9.87. The van der Waals surface area contributed by atoms with Gasteiger partial charge < -0.3 is 19.3 Å². The van der Waals surface area contributed by atoms with Gasteiger partial charge in [-0.15, -0.1) is 0 Å². The number of hydrogen-bond acceptors (Lipinski definition) is 7. The molecular weight excluding hydrogens is 421 g/mol. The normalized spacial score (nSPS) is 17.3. The van der Waals surface area contributed by atoms with Gasteiger partial charge >= 0.3 is 5.69 Å². The Morgan fingerprint density at radius 1 is 1.19 bits per heavy atom. The molecule has 0 saturated carbocycles. The Morgan fingerprint density at radius 2 is 1.94 bits per heavy atom. The third kappa shape index (κ3) is 2.94. The minimum Gasteiger partial charge on any atom is -0.494 e. The van der Waals surface area contributed by atoms with Crippen molar-refractivity contribution in [2.75, 3.05) is 27.5 Å². The second kappa shape index (κ2) is 7.41. The molecule has 0 spiro atoms. The molecule has 10 heteroatoms. The van der Waals surface area contributed by atoms with E-state index in [9.17, 15) is 19.1 Å². The first-order chi connectivity index (χ1) is 15.4. The maximum Gasteiger partial charge on any atom is 0.335 e. The minimum absolute atomic E-state index is 0.0328. The second-order valence-corrected chi connectivity index (χ2v) is 7.66. The van der Waals surface area contributed by atoms with E-state index in [1.807, 2.05) is 18.0 Å². The molecule has 2 N–H and O–H groups in total. The van der Waals surface area contributed by atoms with Crippen LogP contribution in [0.25, 0.3) is 5.69 Å². The summed E-state index contributed by atoms with van der Waals surface area (Å²) in [5.74, 6) is 0.361. The molecule has 2 aromatic carbocycles. The van der Waals surface area contributed by atoms with Gasteiger partial charge in [-0.25, -0.2) is 13.8 Å². The van der Waals surface area contributed by atoms with E-state index in [-0.39, 0.29) is 18.0 Å². The molecule has 0 radical (unpaired) electrons. The van der Waals surface area contributed by atoms with E-state index < -0.39 is 29.0 Å². The van der Waals surface area contributed by atoms with Gasteiger partial charge in [0.2, 0.25) is 18.4 Å². The number of halogens is 1. The van der Waals surface area contributed by atoms with E-state index in [4.69, 9.17) is 14.2 Å². The van der Waals surface area contributed by atoms with Gasteiger partial charge in [-0.05, 0) is 49.4 Å². The van der Waals surface area contributed by atoms with Crippen molar-refractivity contribution in [1.29, 1.82) is 0 Å². The lowest BCUT2D eigenvalue weighted by molar-refractivity contribution is 0.170. The highest BCUT2D eigenvalue weighted by Gasteiger charge is 2.38. The number of H-pyrrole nitrogens is 1. The lowest BCUT2D eigenvalue weighted by Gasteiger charge is -2.35. The lowest BCUT2D eigenvalue weighted by Crippen LogP contribution is -2.39. The number of aromatic hydroxyl groups is 1. The first-order valence-corrected chi connectivity index (χ1v) is 9.94. The fourth-order valence-electron chi connectivity index (χ4n) is 4.41. The van der Waals surface area contributed by atoms with E-state index >= 15 is 0 Å². The summed E-state index contributed by atoms with van der Waals surface area (Å²) in [4.78, 5) is 29.7. The first kappa shape index (κ1) is 20.1. The Balaban J connectivity index is 1.78. The number of aromatic nitrogens is 2. The number of nitrogens with zero attached hydrogens (tertiary/aromatic N) is 2. The van der Waals surface area contributed by atoms with Gasteiger partial charge in [0.1, 0.15) is 5.82 Å². The molecule has 9 nitrogen and oxygen atoms in total. The van der Waals surface area contributed by atoms with E-state index in [1.54, 1.807) is 0 Å². The Bertz CT molecular complexity index is 1330. The van der Waals surface area contributed by atoms with Crippen LogP contribution in [0.5, 0.6) is 23.1 Å². The number of fused-ring (bicyclic) bond motifs is 2. The summed E-state index contributed by atoms with van der Waals surface area (Å²) in [7, 11) is 3.30. The number of aromatic amines is 1. The summed E-state index contributed by atoms with van der Waals surface area (Å²) >= 11 is 0. The number of methoxy groups -OCH3 is 1. The molecule has 1 aromatic heterocycles. The van der Waals surface area contributed by atoms with Crippen LogP contribution in [-0.2, 0) is 6.42 Å². The predicted molar refractivity (Wildman–Crippen MR) is 112 cm³/mol. The zero-order valence-corrected chi connectivity index (χ0v) is 17.3. The van der Waals surface area contributed by atoms with E-state index in [0.29, 0.717) is 35.8 Å². The maximum absolute atomic E-state index is 13.4. The van der Waals surface area contributed by atoms with Crippen molar-refractivity contribution in [2.24, 2.45) is 0 Å². The Morgan fingerprint density at radius 3 is 2.66 bits per heavy atom. The molecule has 0 fully saturated rings. The SMILES string of the molecule is COc1c2c(cc3c1[C@@H](c1c(O)n(-c4ccc(F)cc4)c(=O)[nH]c1=O)N(C)CC3)OCO2. The minimum atomic E-state index is -0.834.